The summed E-state index contributed by atoms with van der Waals surface area (Å²) in [6.07, 6.45) is -4.67. The van der Waals surface area contributed by atoms with Gasteiger partial charge in [0.25, 0.3) is 0 Å². The zero-order chi connectivity index (χ0) is 23.0. The van der Waals surface area contributed by atoms with Gasteiger partial charge in [-0.1, -0.05) is 12.1 Å². The number of carboxylic acids is 1. The Balaban J connectivity index is 2.34. The van der Waals surface area contributed by atoms with Crippen molar-refractivity contribution in [2.75, 3.05) is 20.3 Å². The first-order valence-corrected chi connectivity index (χ1v) is 9.33. The van der Waals surface area contributed by atoms with E-state index in [1.165, 1.54) is 44.4 Å². The maximum Gasteiger partial charge on any atom is 0.416 e. The van der Waals surface area contributed by atoms with Crippen molar-refractivity contribution < 1.29 is 37.0 Å². The number of amides is 1. The molecule has 0 fully saturated rings. The Morgan fingerprint density at radius 3 is 2.45 bits per heavy atom. The van der Waals surface area contributed by atoms with Crippen LogP contribution in [-0.4, -0.2) is 37.2 Å². The van der Waals surface area contributed by atoms with Crippen LogP contribution in [0.15, 0.2) is 48.0 Å². The number of aliphatic carboxylic acids is 1. The van der Waals surface area contributed by atoms with Crippen LogP contribution in [0.2, 0.25) is 0 Å². The lowest BCUT2D eigenvalue weighted by Gasteiger charge is -2.40. The fourth-order valence-electron chi connectivity index (χ4n) is 3.90. The van der Waals surface area contributed by atoms with Gasteiger partial charge in [0.1, 0.15) is 24.6 Å². The molecule has 0 bridgehead atoms. The zero-order valence-corrected chi connectivity index (χ0v) is 16.8. The van der Waals surface area contributed by atoms with E-state index in [1.807, 2.05) is 0 Å². The van der Waals surface area contributed by atoms with Crippen LogP contribution in [-0.2, 0) is 27.0 Å². The Bertz CT molecular complexity index is 1080. The molecule has 5 nitrogen and oxygen atoms in total. The van der Waals surface area contributed by atoms with Crippen molar-refractivity contribution in [2.45, 2.75) is 19.6 Å². The maximum atomic E-state index is 13.8. The van der Waals surface area contributed by atoms with Gasteiger partial charge in [-0.05, 0) is 36.8 Å². The van der Waals surface area contributed by atoms with Gasteiger partial charge in [0.2, 0.25) is 0 Å². The predicted octanol–water partition coefficient (Wildman–Crippen LogP) is 4.40. The molecule has 3 rings (SSSR count). The van der Waals surface area contributed by atoms with Crippen molar-refractivity contribution in [1.82, 2.24) is 4.48 Å². The summed E-state index contributed by atoms with van der Waals surface area (Å²) in [5.74, 6) is -2.94. The fourth-order valence-corrected chi connectivity index (χ4v) is 3.90. The summed E-state index contributed by atoms with van der Waals surface area (Å²) in [6, 6.07) is 8.20. The number of ether oxygens (including phenoxy) is 1. The molecule has 1 heterocycles. The number of benzene rings is 2. The molecule has 164 valence electrons. The van der Waals surface area contributed by atoms with Crippen molar-refractivity contribution in [3.8, 4) is 0 Å². The highest BCUT2D eigenvalue weighted by Crippen LogP contribution is 2.44. The Morgan fingerprint density at radius 2 is 1.87 bits per heavy atom. The molecule has 31 heavy (non-hydrogen) atoms. The molecule has 0 radical (unpaired) electrons. The monoisotopic (exact) mass is 438 g/mol. The number of rotatable bonds is 6. The Kier molecular flexibility index (Phi) is 6.02. The summed E-state index contributed by atoms with van der Waals surface area (Å²) in [6.45, 7) is 0.977. The second-order valence-corrected chi connectivity index (χ2v) is 7.31. The Hall–Kier alpha value is -3.04. The Labute approximate surface area is 175 Å². The number of hydrogen-bond acceptors (Lipinski definition) is 3. The standard InChI is InChI=1S/C22H19F4NO4/c1-13-17-7-6-15(22(24,25)26)11-18(17)27(8-9-31-2,20(28)19(13)21(29)30)12-14-4-3-5-16(23)10-14/h3-7,10-11H,8-9,12H2,1-2H3/p+1. The third kappa shape index (κ3) is 4.11. The molecule has 0 spiro atoms. The molecule has 0 aromatic heterocycles. The molecular weight excluding hydrogens is 418 g/mol. The highest BCUT2D eigenvalue weighted by atomic mass is 19.4. The summed E-state index contributed by atoms with van der Waals surface area (Å²) in [7, 11) is 1.36. The second-order valence-electron chi connectivity index (χ2n) is 7.31. The molecule has 1 N–H and O–H groups in total. The number of allylic oxidation sites excluding steroid dienone is 1. The maximum absolute atomic E-state index is 13.8. The highest BCUT2D eigenvalue weighted by Gasteiger charge is 2.50. The average Bonchev–Trinajstić information content (AvgIpc) is 2.69. The van der Waals surface area contributed by atoms with Crippen molar-refractivity contribution in [2.24, 2.45) is 0 Å². The van der Waals surface area contributed by atoms with E-state index in [9.17, 15) is 32.3 Å². The smallest absolute Gasteiger partial charge is 0.416 e. The average molecular weight is 438 g/mol. The van der Waals surface area contributed by atoms with Crippen LogP contribution in [0.1, 0.15) is 23.6 Å². The number of alkyl halides is 3. The topological polar surface area (TPSA) is 63.6 Å². The van der Waals surface area contributed by atoms with E-state index >= 15 is 0 Å². The number of hydrogen-bond donors (Lipinski definition) is 1. The minimum atomic E-state index is -4.67. The van der Waals surface area contributed by atoms with Gasteiger partial charge < -0.3 is 9.84 Å². The molecule has 0 saturated heterocycles. The number of fused-ring (bicyclic) bond motifs is 1. The first kappa shape index (κ1) is 22.6. The van der Waals surface area contributed by atoms with Crippen molar-refractivity contribution in [1.29, 1.82) is 0 Å². The van der Waals surface area contributed by atoms with Gasteiger partial charge in [-0.2, -0.15) is 13.2 Å². The van der Waals surface area contributed by atoms with E-state index in [1.54, 1.807) is 0 Å². The van der Waals surface area contributed by atoms with Crippen LogP contribution in [0.3, 0.4) is 0 Å². The molecule has 9 heteroatoms. The van der Waals surface area contributed by atoms with Gasteiger partial charge >= 0.3 is 18.1 Å². The van der Waals surface area contributed by atoms with E-state index in [2.05, 4.69) is 0 Å². The van der Waals surface area contributed by atoms with Gasteiger partial charge in [-0.3, -0.25) is 0 Å². The van der Waals surface area contributed by atoms with Gasteiger partial charge in [0, 0.05) is 24.3 Å². The van der Waals surface area contributed by atoms with Crippen LogP contribution in [0.4, 0.5) is 23.2 Å². The molecule has 1 unspecified atom stereocenters. The lowest BCUT2D eigenvalue weighted by molar-refractivity contribution is -0.140. The molecule has 0 saturated carbocycles. The summed E-state index contributed by atoms with van der Waals surface area (Å²) in [5.41, 5.74) is -0.852. The fraction of sp³-hybridized carbons (Fsp3) is 0.273. The van der Waals surface area contributed by atoms with E-state index in [0.717, 1.165) is 12.1 Å². The molecule has 1 aliphatic rings. The van der Waals surface area contributed by atoms with Crippen LogP contribution in [0, 0.1) is 5.82 Å². The van der Waals surface area contributed by atoms with Gasteiger partial charge in [-0.15, -0.1) is 0 Å². The third-order valence-electron chi connectivity index (χ3n) is 5.40. The molecular formula is C22H20F4NO4+. The molecule has 1 atom stereocenters. The molecule has 2 aromatic rings. The number of halogens is 4. The van der Waals surface area contributed by atoms with Crippen LogP contribution in [0.5, 0.6) is 0 Å². The van der Waals surface area contributed by atoms with Gasteiger partial charge in [0.05, 0.1) is 12.2 Å². The van der Waals surface area contributed by atoms with Gasteiger partial charge in [-0.25, -0.2) is 18.5 Å². The van der Waals surface area contributed by atoms with Crippen LogP contribution < -0.4 is 4.48 Å². The lowest BCUT2D eigenvalue weighted by atomic mass is 9.89. The summed E-state index contributed by atoms with van der Waals surface area (Å²) < 4.78 is 58.5. The number of carbonyl (C=O) groups excluding carboxylic acids is 1. The molecule has 1 aliphatic heterocycles. The second kappa shape index (κ2) is 8.24. The molecule has 0 aliphatic carbocycles. The quantitative estimate of drug-likeness (QED) is 0.413. The largest absolute Gasteiger partial charge is 0.477 e. The number of quaternary nitrogens is 1. The van der Waals surface area contributed by atoms with Crippen molar-refractivity contribution in [3.63, 3.8) is 0 Å². The van der Waals surface area contributed by atoms with Crippen molar-refractivity contribution in [3.05, 3.63) is 70.5 Å². The van der Waals surface area contributed by atoms with E-state index < -0.39 is 39.5 Å². The summed E-state index contributed by atoms with van der Waals surface area (Å²) >= 11 is 0. The molecule has 2 aromatic carbocycles. The zero-order valence-electron chi connectivity index (χ0n) is 16.8. The van der Waals surface area contributed by atoms with Crippen LogP contribution in [0.25, 0.3) is 5.57 Å². The predicted molar refractivity (Wildman–Crippen MR) is 105 cm³/mol. The Morgan fingerprint density at radius 1 is 1.16 bits per heavy atom. The van der Waals surface area contributed by atoms with Gasteiger partial charge in [0.15, 0.2) is 5.57 Å². The number of carbonyl (C=O) groups is 2. The highest BCUT2D eigenvalue weighted by molar-refractivity contribution is 6.26. The first-order valence-electron chi connectivity index (χ1n) is 9.33. The van der Waals surface area contributed by atoms with Crippen molar-refractivity contribution >= 4 is 23.1 Å². The van der Waals surface area contributed by atoms with E-state index in [-0.39, 0.29) is 36.5 Å². The third-order valence-corrected chi connectivity index (χ3v) is 5.40. The number of nitrogens with zero attached hydrogens (tertiary/aromatic N) is 1. The number of methoxy groups -OCH3 is 1. The minimum absolute atomic E-state index is 0.00337. The summed E-state index contributed by atoms with van der Waals surface area (Å²) in [4.78, 5) is 25.4. The normalized spacial score (nSPS) is 18.8. The number of carboxylic acid groups (broad SMARTS) is 1. The summed E-state index contributed by atoms with van der Waals surface area (Å²) in [5, 5.41) is 9.70. The SMILES string of the molecule is COCC[N+]1(Cc2cccc(F)c2)C(=O)C(C(=O)O)=C(C)c2ccc(C(F)(F)F)cc21. The molecule has 1 amide bonds. The van der Waals surface area contributed by atoms with E-state index in [0.29, 0.717) is 5.56 Å². The first-order chi connectivity index (χ1) is 14.5. The van der Waals surface area contributed by atoms with Crippen LogP contribution >= 0.6 is 0 Å². The van der Waals surface area contributed by atoms with E-state index in [4.69, 9.17) is 4.74 Å². The minimum Gasteiger partial charge on any atom is -0.477 e. The lowest BCUT2D eigenvalue weighted by Crippen LogP contribution is -2.58.